The highest BCUT2D eigenvalue weighted by atomic mass is 16.3. The summed E-state index contributed by atoms with van der Waals surface area (Å²) in [5, 5.41) is 2.33. The van der Waals surface area contributed by atoms with Crippen molar-refractivity contribution >= 4 is 21.9 Å². The van der Waals surface area contributed by atoms with E-state index in [9.17, 15) is 0 Å². The fourth-order valence-corrected chi connectivity index (χ4v) is 5.80. The van der Waals surface area contributed by atoms with Crippen molar-refractivity contribution in [3.05, 3.63) is 88.6 Å². The van der Waals surface area contributed by atoms with E-state index in [1.165, 1.54) is 44.3 Å². The van der Waals surface area contributed by atoms with Crippen LogP contribution in [-0.2, 0) is 5.41 Å². The Hall–Kier alpha value is -3.39. The highest BCUT2D eigenvalue weighted by Gasteiger charge is 2.37. The van der Waals surface area contributed by atoms with Gasteiger partial charge in [-0.05, 0) is 59.2 Å². The fourth-order valence-electron chi connectivity index (χ4n) is 5.80. The lowest BCUT2D eigenvalue weighted by molar-refractivity contribution is 0.653. The Labute approximate surface area is 195 Å². The second-order valence-corrected chi connectivity index (χ2v) is 10.4. The maximum atomic E-state index is 6.80. The largest absolute Gasteiger partial charge is 0.455 e. The summed E-state index contributed by atoms with van der Waals surface area (Å²) in [5.74, 6) is 0.448. The second-order valence-electron chi connectivity index (χ2n) is 10.4. The molecule has 0 aliphatic heterocycles. The van der Waals surface area contributed by atoms with Crippen LogP contribution in [-0.4, -0.2) is 4.98 Å². The van der Waals surface area contributed by atoms with Crippen LogP contribution in [0.15, 0.2) is 65.2 Å². The van der Waals surface area contributed by atoms with E-state index in [0.717, 1.165) is 27.8 Å². The molecule has 0 saturated carbocycles. The Balaban J connectivity index is 1.70. The van der Waals surface area contributed by atoms with E-state index in [0.29, 0.717) is 5.92 Å². The number of pyridine rings is 1. The standard InChI is InChI=1S/C31H29NO/c1-17(2)23-15-26(32-16-19(23)4)27-18(3)11-12-20-21-13-14-25-28(30(21)33-29(20)27)22-9-7-8-10-24(22)31(25,5)6/h7-17H,1-6H3. The highest BCUT2D eigenvalue weighted by Crippen LogP contribution is 2.53. The molecule has 2 nitrogen and oxygen atoms in total. The lowest BCUT2D eigenvalue weighted by Gasteiger charge is -2.21. The van der Waals surface area contributed by atoms with Crippen molar-refractivity contribution in [1.29, 1.82) is 0 Å². The molecule has 0 fully saturated rings. The number of fused-ring (bicyclic) bond motifs is 7. The van der Waals surface area contributed by atoms with Crippen molar-refractivity contribution in [3.63, 3.8) is 0 Å². The van der Waals surface area contributed by atoms with Gasteiger partial charge in [0.25, 0.3) is 0 Å². The monoisotopic (exact) mass is 431 g/mol. The zero-order valence-corrected chi connectivity index (χ0v) is 20.2. The van der Waals surface area contributed by atoms with Crippen molar-refractivity contribution in [3.8, 4) is 22.4 Å². The summed E-state index contributed by atoms with van der Waals surface area (Å²) < 4.78 is 6.80. The Kier molecular flexibility index (Phi) is 4.17. The molecule has 0 atom stereocenters. The first-order valence-corrected chi connectivity index (χ1v) is 11.8. The van der Waals surface area contributed by atoms with Crippen molar-refractivity contribution in [1.82, 2.24) is 4.98 Å². The van der Waals surface area contributed by atoms with Crippen LogP contribution in [0, 0.1) is 13.8 Å². The molecule has 5 aromatic rings. The van der Waals surface area contributed by atoms with Crippen LogP contribution >= 0.6 is 0 Å². The van der Waals surface area contributed by atoms with Gasteiger partial charge in [0.05, 0.1) is 5.69 Å². The molecule has 0 radical (unpaired) electrons. The maximum Gasteiger partial charge on any atom is 0.145 e. The molecule has 0 unspecified atom stereocenters. The van der Waals surface area contributed by atoms with Crippen LogP contribution in [0.2, 0.25) is 0 Å². The normalized spacial score (nSPS) is 14.3. The van der Waals surface area contributed by atoms with Gasteiger partial charge < -0.3 is 4.42 Å². The first-order valence-electron chi connectivity index (χ1n) is 11.8. The number of rotatable bonds is 2. The average Bonchev–Trinajstić information content (AvgIpc) is 3.27. The van der Waals surface area contributed by atoms with Crippen molar-refractivity contribution in [2.24, 2.45) is 0 Å². The molecule has 164 valence electrons. The Bertz CT molecular complexity index is 1580. The van der Waals surface area contributed by atoms with E-state index in [1.54, 1.807) is 0 Å². The molecule has 2 aromatic heterocycles. The summed E-state index contributed by atoms with van der Waals surface area (Å²) in [6.45, 7) is 13.4. The molecule has 0 N–H and O–H groups in total. The van der Waals surface area contributed by atoms with Gasteiger partial charge in [0, 0.05) is 33.5 Å². The number of benzene rings is 3. The van der Waals surface area contributed by atoms with E-state index < -0.39 is 0 Å². The summed E-state index contributed by atoms with van der Waals surface area (Å²) in [5.41, 5.74) is 13.0. The van der Waals surface area contributed by atoms with Gasteiger partial charge in [-0.25, -0.2) is 0 Å². The number of aromatic nitrogens is 1. The highest BCUT2D eigenvalue weighted by molar-refractivity contribution is 6.14. The van der Waals surface area contributed by atoms with E-state index in [2.05, 4.69) is 96.1 Å². The zero-order chi connectivity index (χ0) is 23.1. The molecule has 6 rings (SSSR count). The number of furan rings is 1. The lowest BCUT2D eigenvalue weighted by atomic mass is 9.82. The fraction of sp³-hybridized carbons (Fsp3) is 0.258. The maximum absolute atomic E-state index is 6.80. The van der Waals surface area contributed by atoms with Gasteiger partial charge in [-0.1, -0.05) is 76.2 Å². The van der Waals surface area contributed by atoms with E-state index >= 15 is 0 Å². The molecule has 2 heteroatoms. The summed E-state index contributed by atoms with van der Waals surface area (Å²) in [6, 6.07) is 20.0. The first-order chi connectivity index (χ1) is 15.8. The lowest BCUT2D eigenvalue weighted by Crippen LogP contribution is -2.14. The van der Waals surface area contributed by atoms with E-state index in [1.807, 2.05) is 6.20 Å². The predicted molar refractivity (Wildman–Crippen MR) is 138 cm³/mol. The number of aryl methyl sites for hydroxylation is 2. The Morgan fingerprint density at radius 3 is 2.24 bits per heavy atom. The van der Waals surface area contributed by atoms with Gasteiger partial charge in [0.2, 0.25) is 0 Å². The summed E-state index contributed by atoms with van der Waals surface area (Å²) in [7, 11) is 0. The SMILES string of the molecule is Cc1cnc(-c2c(C)ccc3c2oc2c4c(ccc23)C(C)(C)c2ccccc2-4)cc1C(C)C. The van der Waals surface area contributed by atoms with Crippen LogP contribution in [0.5, 0.6) is 0 Å². The minimum Gasteiger partial charge on any atom is -0.455 e. The molecule has 0 spiro atoms. The van der Waals surface area contributed by atoms with E-state index in [4.69, 9.17) is 9.40 Å². The van der Waals surface area contributed by atoms with Crippen molar-refractivity contribution in [2.75, 3.05) is 0 Å². The predicted octanol–water partition coefficient (Wildman–Crippen LogP) is 8.69. The number of nitrogens with zero attached hydrogens (tertiary/aromatic N) is 1. The smallest absolute Gasteiger partial charge is 0.145 e. The molecule has 3 aromatic carbocycles. The van der Waals surface area contributed by atoms with Crippen LogP contribution in [0.25, 0.3) is 44.3 Å². The zero-order valence-electron chi connectivity index (χ0n) is 20.2. The second kappa shape index (κ2) is 6.81. The Morgan fingerprint density at radius 2 is 1.48 bits per heavy atom. The summed E-state index contributed by atoms with van der Waals surface area (Å²) >= 11 is 0. The molecule has 0 bridgehead atoms. The van der Waals surface area contributed by atoms with Gasteiger partial charge in [0.1, 0.15) is 11.2 Å². The molecule has 2 heterocycles. The average molecular weight is 432 g/mol. The van der Waals surface area contributed by atoms with Crippen LogP contribution in [0.3, 0.4) is 0 Å². The van der Waals surface area contributed by atoms with Gasteiger partial charge in [0.15, 0.2) is 0 Å². The molecule has 0 saturated heterocycles. The third kappa shape index (κ3) is 2.70. The van der Waals surface area contributed by atoms with Gasteiger partial charge in [-0.2, -0.15) is 0 Å². The van der Waals surface area contributed by atoms with Crippen LogP contribution in [0.1, 0.15) is 61.4 Å². The molecule has 1 aliphatic rings. The van der Waals surface area contributed by atoms with Crippen LogP contribution in [0.4, 0.5) is 0 Å². The van der Waals surface area contributed by atoms with E-state index in [-0.39, 0.29) is 5.41 Å². The topological polar surface area (TPSA) is 26.0 Å². The quantitative estimate of drug-likeness (QED) is 0.279. The van der Waals surface area contributed by atoms with Crippen molar-refractivity contribution in [2.45, 2.75) is 52.9 Å². The molecular formula is C31H29NO. The minimum atomic E-state index is -0.0392. The van der Waals surface area contributed by atoms with Crippen molar-refractivity contribution < 1.29 is 4.42 Å². The number of hydrogen-bond donors (Lipinski definition) is 0. The van der Waals surface area contributed by atoms with Gasteiger partial charge >= 0.3 is 0 Å². The Morgan fingerprint density at radius 1 is 0.788 bits per heavy atom. The third-order valence-corrected chi connectivity index (χ3v) is 7.58. The van der Waals surface area contributed by atoms with Gasteiger partial charge in [-0.15, -0.1) is 0 Å². The minimum absolute atomic E-state index is 0.0392. The number of hydrogen-bond acceptors (Lipinski definition) is 2. The molecule has 33 heavy (non-hydrogen) atoms. The molecule has 0 amide bonds. The third-order valence-electron chi connectivity index (χ3n) is 7.58. The van der Waals surface area contributed by atoms with Gasteiger partial charge in [-0.3, -0.25) is 4.98 Å². The first kappa shape index (κ1) is 20.2. The summed E-state index contributed by atoms with van der Waals surface area (Å²) in [6.07, 6.45) is 2.00. The molecule has 1 aliphatic carbocycles. The molecular weight excluding hydrogens is 402 g/mol. The summed E-state index contributed by atoms with van der Waals surface area (Å²) in [4.78, 5) is 4.84. The van der Waals surface area contributed by atoms with Crippen LogP contribution < -0.4 is 0 Å².